The largest absolute Gasteiger partial charge is 0.494 e. The highest BCUT2D eigenvalue weighted by atomic mass is 32.2. The van der Waals surface area contributed by atoms with Gasteiger partial charge in [-0.1, -0.05) is 11.3 Å². The van der Waals surface area contributed by atoms with E-state index in [1.165, 1.54) is 11.3 Å². The van der Waals surface area contributed by atoms with Crippen molar-refractivity contribution in [1.29, 1.82) is 0 Å². The first-order chi connectivity index (χ1) is 12.7. The molecule has 2 heterocycles. The molecular formula is C18H22N4O2S2. The van der Waals surface area contributed by atoms with Crippen molar-refractivity contribution in [2.75, 3.05) is 18.6 Å². The number of thioether (sulfide) groups is 1. The smallest absolute Gasteiger partial charge is 0.300 e. The summed E-state index contributed by atoms with van der Waals surface area (Å²) < 4.78 is 10.5. The van der Waals surface area contributed by atoms with Crippen molar-refractivity contribution in [3.05, 3.63) is 41.0 Å². The summed E-state index contributed by atoms with van der Waals surface area (Å²) in [5, 5.41) is 4.25. The minimum atomic E-state index is -0.313. The van der Waals surface area contributed by atoms with Crippen molar-refractivity contribution in [2.24, 2.45) is 4.99 Å². The fraction of sp³-hybridized carbons (Fsp3) is 0.389. The van der Waals surface area contributed by atoms with Crippen molar-refractivity contribution < 1.29 is 9.53 Å². The van der Waals surface area contributed by atoms with Crippen LogP contribution in [0.2, 0.25) is 0 Å². The summed E-state index contributed by atoms with van der Waals surface area (Å²) in [5.74, 6) is 1.47. The van der Waals surface area contributed by atoms with Gasteiger partial charge in [0.1, 0.15) is 5.75 Å². The van der Waals surface area contributed by atoms with Crippen LogP contribution in [0, 0.1) is 0 Å². The first kappa shape index (κ1) is 18.7. The predicted octanol–water partition coefficient (Wildman–Crippen LogP) is 3.42. The number of hydrogen-bond acceptors (Lipinski definition) is 5. The number of aryl methyl sites for hydroxylation is 2. The highest BCUT2D eigenvalue weighted by Crippen LogP contribution is 2.23. The van der Waals surface area contributed by atoms with E-state index in [-0.39, 0.29) is 5.91 Å². The predicted molar refractivity (Wildman–Crippen MR) is 107 cm³/mol. The van der Waals surface area contributed by atoms with Crippen LogP contribution in [0.5, 0.6) is 5.75 Å². The Morgan fingerprint density at radius 1 is 1.35 bits per heavy atom. The maximum Gasteiger partial charge on any atom is 0.300 e. The summed E-state index contributed by atoms with van der Waals surface area (Å²) in [6.07, 6.45) is 3.87. The lowest BCUT2D eigenvalue weighted by Gasteiger charge is -2.05. The zero-order valence-electron chi connectivity index (χ0n) is 15.1. The third-order valence-electron chi connectivity index (χ3n) is 3.87. The Balaban J connectivity index is 2.05. The summed E-state index contributed by atoms with van der Waals surface area (Å²) in [6.45, 7) is 6.09. The third kappa shape index (κ3) is 4.02. The molecule has 2 aromatic heterocycles. The molecule has 0 aliphatic heterocycles. The standard InChI is InChI=1S/C18H22N4O2S2/c1-4-21-9-8-14(20-21)17(23)19-18-22(10-11-25-3)15-7-6-13(24-5-2)12-16(15)26-18/h6-9,12H,4-5,10-11H2,1-3H3. The Morgan fingerprint density at radius 2 is 2.19 bits per heavy atom. The second kappa shape index (κ2) is 8.55. The number of ether oxygens (including phenoxy) is 1. The van der Waals surface area contributed by atoms with Crippen molar-refractivity contribution >= 4 is 39.2 Å². The number of thiazole rings is 1. The molecule has 0 saturated carbocycles. The highest BCUT2D eigenvalue weighted by Gasteiger charge is 2.12. The summed E-state index contributed by atoms with van der Waals surface area (Å²) >= 11 is 3.27. The third-order valence-corrected chi connectivity index (χ3v) is 5.50. The number of amides is 1. The minimum absolute atomic E-state index is 0.313. The molecule has 0 N–H and O–H groups in total. The topological polar surface area (TPSA) is 61.4 Å². The molecule has 6 nitrogen and oxygen atoms in total. The number of nitrogens with zero attached hydrogens (tertiary/aromatic N) is 4. The Bertz CT molecular complexity index is 971. The van der Waals surface area contributed by atoms with Gasteiger partial charge in [-0.05, 0) is 44.4 Å². The van der Waals surface area contributed by atoms with Gasteiger partial charge in [0, 0.05) is 25.0 Å². The lowest BCUT2D eigenvalue weighted by atomic mass is 10.3. The van der Waals surface area contributed by atoms with E-state index in [0.717, 1.165) is 34.8 Å². The monoisotopic (exact) mass is 390 g/mol. The van der Waals surface area contributed by atoms with Crippen LogP contribution in [0.3, 0.4) is 0 Å². The van der Waals surface area contributed by atoms with Gasteiger partial charge in [0.25, 0.3) is 5.91 Å². The summed E-state index contributed by atoms with van der Waals surface area (Å²) in [6, 6.07) is 7.71. The van der Waals surface area contributed by atoms with E-state index < -0.39 is 0 Å². The molecule has 0 atom stereocenters. The van der Waals surface area contributed by atoms with E-state index in [0.29, 0.717) is 17.1 Å². The first-order valence-electron chi connectivity index (χ1n) is 8.54. The molecule has 0 fully saturated rings. The van der Waals surface area contributed by atoms with Crippen LogP contribution in [-0.2, 0) is 13.1 Å². The van der Waals surface area contributed by atoms with E-state index in [2.05, 4.69) is 20.9 Å². The van der Waals surface area contributed by atoms with Crippen LogP contribution in [0.15, 0.2) is 35.5 Å². The van der Waals surface area contributed by atoms with Crippen molar-refractivity contribution in [3.63, 3.8) is 0 Å². The molecule has 0 aliphatic carbocycles. The molecule has 3 rings (SSSR count). The molecule has 0 bridgehead atoms. The van der Waals surface area contributed by atoms with Crippen LogP contribution in [0.25, 0.3) is 10.2 Å². The first-order valence-corrected chi connectivity index (χ1v) is 10.7. The van der Waals surface area contributed by atoms with Gasteiger partial charge in [-0.15, -0.1) is 0 Å². The molecule has 138 valence electrons. The van der Waals surface area contributed by atoms with E-state index in [1.807, 2.05) is 32.0 Å². The molecule has 1 aromatic carbocycles. The van der Waals surface area contributed by atoms with Gasteiger partial charge in [0.15, 0.2) is 10.5 Å². The normalized spacial score (nSPS) is 12.0. The van der Waals surface area contributed by atoms with Gasteiger partial charge in [-0.25, -0.2) is 0 Å². The Morgan fingerprint density at radius 3 is 2.88 bits per heavy atom. The summed E-state index contributed by atoms with van der Waals surface area (Å²) in [5.41, 5.74) is 1.44. The summed E-state index contributed by atoms with van der Waals surface area (Å²) in [4.78, 5) is 17.6. The maximum atomic E-state index is 12.5. The molecule has 26 heavy (non-hydrogen) atoms. The van der Waals surface area contributed by atoms with E-state index >= 15 is 0 Å². The van der Waals surface area contributed by atoms with Crippen molar-refractivity contribution in [1.82, 2.24) is 14.3 Å². The summed E-state index contributed by atoms with van der Waals surface area (Å²) in [7, 11) is 0. The molecule has 0 radical (unpaired) electrons. The average Bonchev–Trinajstić information content (AvgIpc) is 3.24. The molecule has 0 spiro atoms. The number of benzene rings is 1. The number of rotatable bonds is 7. The second-order valence-corrected chi connectivity index (χ2v) is 7.56. The Labute approximate surface area is 160 Å². The van der Waals surface area contributed by atoms with Gasteiger partial charge in [-0.2, -0.15) is 21.9 Å². The fourth-order valence-electron chi connectivity index (χ4n) is 2.59. The zero-order valence-corrected chi connectivity index (χ0v) is 16.8. The van der Waals surface area contributed by atoms with Crippen LogP contribution in [0.4, 0.5) is 0 Å². The van der Waals surface area contributed by atoms with Crippen LogP contribution < -0.4 is 9.54 Å². The van der Waals surface area contributed by atoms with E-state index in [9.17, 15) is 4.79 Å². The quantitative estimate of drug-likeness (QED) is 0.620. The minimum Gasteiger partial charge on any atom is -0.494 e. The van der Waals surface area contributed by atoms with E-state index in [1.54, 1.807) is 28.7 Å². The molecule has 0 saturated heterocycles. The number of aromatic nitrogens is 3. The molecular weight excluding hydrogens is 368 g/mol. The van der Waals surface area contributed by atoms with Crippen LogP contribution in [0.1, 0.15) is 24.3 Å². The maximum absolute atomic E-state index is 12.5. The SMILES string of the molecule is CCOc1ccc2c(c1)sc(=NC(=O)c1ccn(CC)n1)n2CCSC. The lowest BCUT2D eigenvalue weighted by molar-refractivity contribution is 0.0992. The molecule has 1 amide bonds. The van der Waals surface area contributed by atoms with Crippen molar-refractivity contribution in [2.45, 2.75) is 26.9 Å². The molecule has 0 unspecified atom stereocenters. The average molecular weight is 391 g/mol. The molecule has 3 aromatic rings. The zero-order chi connectivity index (χ0) is 18.5. The Hall–Kier alpha value is -2.06. The number of carbonyl (C=O) groups is 1. The second-order valence-electron chi connectivity index (χ2n) is 5.57. The van der Waals surface area contributed by atoms with Crippen molar-refractivity contribution in [3.8, 4) is 5.75 Å². The number of carbonyl (C=O) groups excluding carboxylic acids is 1. The highest BCUT2D eigenvalue weighted by molar-refractivity contribution is 7.98. The van der Waals surface area contributed by atoms with Gasteiger partial charge in [-0.3, -0.25) is 9.48 Å². The fourth-order valence-corrected chi connectivity index (χ4v) is 4.04. The van der Waals surface area contributed by atoms with Gasteiger partial charge < -0.3 is 9.30 Å². The number of fused-ring (bicyclic) bond motifs is 1. The van der Waals surface area contributed by atoms with E-state index in [4.69, 9.17) is 4.74 Å². The van der Waals surface area contributed by atoms with Gasteiger partial charge in [0.2, 0.25) is 0 Å². The molecule has 0 aliphatic rings. The van der Waals surface area contributed by atoms with Crippen LogP contribution >= 0.6 is 23.1 Å². The van der Waals surface area contributed by atoms with Gasteiger partial charge >= 0.3 is 0 Å². The Kier molecular flexibility index (Phi) is 6.16. The molecule has 8 heteroatoms. The lowest BCUT2D eigenvalue weighted by Crippen LogP contribution is -2.18. The van der Waals surface area contributed by atoms with Gasteiger partial charge in [0.05, 0.1) is 16.8 Å². The van der Waals surface area contributed by atoms with Crippen LogP contribution in [-0.4, -0.2) is 38.9 Å². The number of hydrogen-bond donors (Lipinski definition) is 0.